The fourth-order valence-corrected chi connectivity index (χ4v) is 6.66. The number of nitrogens with zero attached hydrogens (tertiary/aromatic N) is 3. The van der Waals surface area contributed by atoms with Gasteiger partial charge in [0.25, 0.3) is 0 Å². The number of hydrogen-bond acceptors (Lipinski definition) is 3. The maximum atomic E-state index is 6.31. The fraction of sp³-hybridized carbons (Fsp3) is 0.0244. The van der Waals surface area contributed by atoms with Crippen LogP contribution in [0.25, 0.3) is 71.9 Å². The molecule has 5 aromatic carbocycles. The van der Waals surface area contributed by atoms with Gasteiger partial charge in [0.1, 0.15) is 11.0 Å². The average molecular weight is 578 g/mol. The monoisotopic (exact) mass is 577 g/mol. The topological polar surface area (TPSA) is 43.9 Å². The quantitative estimate of drug-likeness (QED) is 0.204. The molecule has 0 aliphatic heterocycles. The summed E-state index contributed by atoms with van der Waals surface area (Å²) in [7, 11) is 0. The molecule has 0 bridgehead atoms. The Morgan fingerprint density at radius 3 is 1.80 bits per heavy atom. The van der Waals surface area contributed by atoms with E-state index in [9.17, 15) is 0 Å². The lowest BCUT2D eigenvalue weighted by atomic mass is 10.0. The van der Waals surface area contributed by atoms with Crippen LogP contribution in [0.2, 0.25) is 0 Å². The van der Waals surface area contributed by atoms with E-state index < -0.39 is 0 Å². The SMILES string of the molecule is c1ccc(-c2ccc3c(c2)c2cc(-c4ccccc4)ccc2n3-c2ccccc2Cc2ccnc3c2oc2cccnc23)cc1. The van der Waals surface area contributed by atoms with Gasteiger partial charge in [-0.05, 0) is 76.3 Å². The molecule has 0 saturated carbocycles. The van der Waals surface area contributed by atoms with Crippen molar-refractivity contribution >= 4 is 44.0 Å². The van der Waals surface area contributed by atoms with Crippen LogP contribution in [0.15, 0.2) is 156 Å². The molecule has 0 amide bonds. The van der Waals surface area contributed by atoms with Crippen molar-refractivity contribution in [2.75, 3.05) is 0 Å². The van der Waals surface area contributed by atoms with Gasteiger partial charge >= 0.3 is 0 Å². The normalized spacial score (nSPS) is 11.6. The van der Waals surface area contributed by atoms with Crippen molar-refractivity contribution in [1.82, 2.24) is 14.5 Å². The van der Waals surface area contributed by atoms with E-state index in [1.54, 1.807) is 6.20 Å². The minimum atomic E-state index is 0.695. The largest absolute Gasteiger partial charge is 0.452 e. The van der Waals surface area contributed by atoms with Crippen molar-refractivity contribution < 1.29 is 4.42 Å². The molecule has 0 spiro atoms. The van der Waals surface area contributed by atoms with Gasteiger partial charge in [-0.15, -0.1) is 0 Å². The van der Waals surface area contributed by atoms with Crippen LogP contribution in [0.5, 0.6) is 0 Å². The summed E-state index contributed by atoms with van der Waals surface area (Å²) >= 11 is 0. The van der Waals surface area contributed by atoms with Crippen LogP contribution in [0.1, 0.15) is 11.1 Å². The zero-order chi connectivity index (χ0) is 29.7. The summed E-state index contributed by atoms with van der Waals surface area (Å²) in [5.41, 5.74) is 13.8. The standard InChI is InChI=1S/C41H27N3O/c1-3-10-27(11-4-1)29-17-19-36-33(25-29)34-26-30(28-12-5-2-6-13-28)18-20-37(34)44(36)35-15-8-7-14-31(35)24-32-21-23-43-40-39-38(45-41(32)40)16-9-22-42-39/h1-23,25-26H,24H2. The molecule has 0 aliphatic carbocycles. The second-order valence-corrected chi connectivity index (χ2v) is 11.4. The molecule has 0 radical (unpaired) electrons. The first kappa shape index (κ1) is 25.5. The minimum absolute atomic E-state index is 0.695. The third-order valence-electron chi connectivity index (χ3n) is 8.79. The molecular weight excluding hydrogens is 550 g/mol. The lowest BCUT2D eigenvalue weighted by molar-refractivity contribution is 0.662. The van der Waals surface area contributed by atoms with E-state index >= 15 is 0 Å². The van der Waals surface area contributed by atoms with Crippen molar-refractivity contribution in [3.05, 3.63) is 163 Å². The van der Waals surface area contributed by atoms with Crippen molar-refractivity contribution in [3.63, 3.8) is 0 Å². The molecule has 0 N–H and O–H groups in total. The molecule has 45 heavy (non-hydrogen) atoms. The van der Waals surface area contributed by atoms with Crippen LogP contribution in [0.4, 0.5) is 0 Å². The van der Waals surface area contributed by atoms with E-state index in [-0.39, 0.29) is 0 Å². The first-order valence-corrected chi connectivity index (χ1v) is 15.2. The van der Waals surface area contributed by atoms with Gasteiger partial charge in [-0.3, -0.25) is 9.97 Å². The predicted molar refractivity (Wildman–Crippen MR) is 184 cm³/mol. The van der Waals surface area contributed by atoms with Crippen LogP contribution < -0.4 is 0 Å². The molecule has 0 aliphatic rings. The number of para-hydroxylation sites is 1. The van der Waals surface area contributed by atoms with Crippen molar-refractivity contribution in [2.45, 2.75) is 6.42 Å². The molecule has 0 fully saturated rings. The van der Waals surface area contributed by atoms with Gasteiger partial charge in [0.15, 0.2) is 11.2 Å². The zero-order valence-electron chi connectivity index (χ0n) is 24.4. The van der Waals surface area contributed by atoms with E-state index in [2.05, 4.69) is 142 Å². The Bertz CT molecular complexity index is 2410. The molecule has 0 saturated heterocycles. The Hall–Kier alpha value is -6.00. The van der Waals surface area contributed by atoms with Crippen LogP contribution in [0, 0.1) is 0 Å². The van der Waals surface area contributed by atoms with Gasteiger partial charge in [0.05, 0.1) is 11.0 Å². The maximum Gasteiger partial charge on any atom is 0.159 e. The molecule has 4 nitrogen and oxygen atoms in total. The minimum Gasteiger partial charge on any atom is -0.452 e. The summed E-state index contributed by atoms with van der Waals surface area (Å²) < 4.78 is 8.72. The lowest BCUT2D eigenvalue weighted by Crippen LogP contribution is -2.01. The van der Waals surface area contributed by atoms with Crippen LogP contribution >= 0.6 is 0 Å². The second-order valence-electron chi connectivity index (χ2n) is 11.4. The van der Waals surface area contributed by atoms with E-state index in [1.807, 2.05) is 18.3 Å². The summed E-state index contributed by atoms with van der Waals surface area (Å²) in [4.78, 5) is 9.17. The summed E-state index contributed by atoms with van der Waals surface area (Å²) in [6.07, 6.45) is 4.34. The number of rotatable bonds is 5. The molecule has 0 unspecified atom stereocenters. The van der Waals surface area contributed by atoms with Crippen LogP contribution in [-0.2, 0) is 6.42 Å². The van der Waals surface area contributed by atoms with Crippen molar-refractivity contribution in [3.8, 4) is 27.9 Å². The highest BCUT2D eigenvalue weighted by Crippen LogP contribution is 2.38. The lowest BCUT2D eigenvalue weighted by Gasteiger charge is -2.14. The number of fused-ring (bicyclic) bond motifs is 6. The number of aromatic nitrogens is 3. The van der Waals surface area contributed by atoms with E-state index in [4.69, 9.17) is 4.42 Å². The summed E-state index contributed by atoms with van der Waals surface area (Å²) in [5.74, 6) is 0. The van der Waals surface area contributed by atoms with Crippen molar-refractivity contribution in [2.24, 2.45) is 0 Å². The number of hydrogen-bond donors (Lipinski definition) is 0. The molecule has 212 valence electrons. The maximum absolute atomic E-state index is 6.31. The Morgan fingerprint density at radius 1 is 0.489 bits per heavy atom. The van der Waals surface area contributed by atoms with E-state index in [0.717, 1.165) is 33.5 Å². The molecule has 9 aromatic rings. The third kappa shape index (κ3) is 4.22. The number of benzene rings is 5. The van der Waals surface area contributed by atoms with Gasteiger partial charge in [-0.2, -0.15) is 0 Å². The Labute approximate surface area is 259 Å². The fourth-order valence-electron chi connectivity index (χ4n) is 6.66. The van der Waals surface area contributed by atoms with Gasteiger partial charge in [0, 0.05) is 40.8 Å². The predicted octanol–water partition coefficient (Wildman–Crippen LogP) is 10.4. The molecule has 4 heteroatoms. The third-order valence-corrected chi connectivity index (χ3v) is 8.79. The number of furan rings is 1. The molecule has 4 aromatic heterocycles. The highest BCUT2D eigenvalue weighted by atomic mass is 16.3. The highest BCUT2D eigenvalue weighted by molar-refractivity contribution is 6.11. The highest BCUT2D eigenvalue weighted by Gasteiger charge is 2.19. The van der Waals surface area contributed by atoms with Gasteiger partial charge < -0.3 is 8.98 Å². The van der Waals surface area contributed by atoms with Gasteiger partial charge in [0.2, 0.25) is 0 Å². The summed E-state index contributed by atoms with van der Waals surface area (Å²) in [6, 6.07) is 49.5. The van der Waals surface area contributed by atoms with Crippen LogP contribution in [0.3, 0.4) is 0 Å². The zero-order valence-corrected chi connectivity index (χ0v) is 24.4. The van der Waals surface area contributed by atoms with Gasteiger partial charge in [-0.25, -0.2) is 0 Å². The first-order valence-electron chi connectivity index (χ1n) is 15.2. The van der Waals surface area contributed by atoms with Crippen molar-refractivity contribution in [1.29, 1.82) is 0 Å². The summed E-state index contributed by atoms with van der Waals surface area (Å²) in [6.45, 7) is 0. The van der Waals surface area contributed by atoms with E-state index in [0.29, 0.717) is 6.42 Å². The number of pyridine rings is 2. The molecule has 4 heterocycles. The van der Waals surface area contributed by atoms with Crippen LogP contribution in [-0.4, -0.2) is 14.5 Å². The first-order chi connectivity index (χ1) is 22.3. The molecular formula is C41H27N3O. The summed E-state index contributed by atoms with van der Waals surface area (Å²) in [5, 5.41) is 2.46. The van der Waals surface area contributed by atoms with E-state index in [1.165, 1.54) is 49.6 Å². The Kier molecular flexibility index (Phi) is 5.85. The van der Waals surface area contributed by atoms with Gasteiger partial charge in [-0.1, -0.05) is 91.0 Å². The average Bonchev–Trinajstić information content (AvgIpc) is 3.65. The smallest absolute Gasteiger partial charge is 0.159 e. The Morgan fingerprint density at radius 2 is 1.11 bits per heavy atom. The molecule has 9 rings (SSSR count). The Balaban J connectivity index is 1.26. The molecule has 0 atom stereocenters. The second kappa shape index (κ2) is 10.3.